The summed E-state index contributed by atoms with van der Waals surface area (Å²) in [4.78, 5) is 8.70. The van der Waals surface area contributed by atoms with Gasteiger partial charge in [0.05, 0.1) is 10.9 Å². The highest BCUT2D eigenvalue weighted by Gasteiger charge is 2.48. The number of nitrogens with two attached hydrogens (primary N) is 1. The molecule has 20 heavy (non-hydrogen) atoms. The molecular formula is C14H15ClN4O. The summed E-state index contributed by atoms with van der Waals surface area (Å²) < 4.78 is 5.44. The molecule has 2 aromatic heterocycles. The molecule has 104 valence electrons. The van der Waals surface area contributed by atoms with Crippen LogP contribution in [0, 0.1) is 11.8 Å². The molecule has 2 aliphatic carbocycles. The van der Waals surface area contributed by atoms with Crippen LogP contribution in [0.1, 0.15) is 31.1 Å². The van der Waals surface area contributed by atoms with E-state index in [4.69, 9.17) is 21.9 Å². The number of pyridine rings is 1. The Hall–Kier alpha value is -1.46. The number of fused-ring (bicyclic) bond motifs is 2. The van der Waals surface area contributed by atoms with Gasteiger partial charge in [0.1, 0.15) is 5.69 Å². The highest BCUT2D eigenvalue weighted by Crippen LogP contribution is 2.51. The number of hydrogen-bond acceptors (Lipinski definition) is 5. The molecule has 2 aliphatic rings. The van der Waals surface area contributed by atoms with E-state index in [9.17, 15) is 0 Å². The van der Waals surface area contributed by atoms with Gasteiger partial charge in [-0.3, -0.25) is 4.98 Å². The zero-order valence-electron chi connectivity index (χ0n) is 10.9. The topological polar surface area (TPSA) is 77.8 Å². The van der Waals surface area contributed by atoms with Crippen LogP contribution in [-0.2, 0) is 0 Å². The van der Waals surface area contributed by atoms with Crippen molar-refractivity contribution in [2.24, 2.45) is 17.6 Å². The van der Waals surface area contributed by atoms with E-state index in [1.807, 2.05) is 0 Å². The Morgan fingerprint density at radius 3 is 2.90 bits per heavy atom. The molecule has 0 aromatic carbocycles. The van der Waals surface area contributed by atoms with Gasteiger partial charge in [-0.15, -0.1) is 0 Å². The van der Waals surface area contributed by atoms with E-state index in [0.29, 0.717) is 34.3 Å². The van der Waals surface area contributed by atoms with Crippen LogP contribution in [0.5, 0.6) is 0 Å². The van der Waals surface area contributed by atoms with E-state index in [-0.39, 0.29) is 12.0 Å². The van der Waals surface area contributed by atoms with Crippen molar-refractivity contribution >= 4 is 11.6 Å². The molecule has 6 heteroatoms. The first-order chi connectivity index (χ1) is 9.74. The van der Waals surface area contributed by atoms with Crippen molar-refractivity contribution in [2.45, 2.75) is 31.2 Å². The standard InChI is InChI=1S/C14H15ClN4O/c15-9-2-1-5-17-12(9)13-18-14(20-19-13)10-7-3-4-8(6-7)11(10)16/h1-2,5,7-8,10-11H,3-4,6,16H2. The molecule has 2 aromatic rings. The molecular weight excluding hydrogens is 276 g/mol. The molecule has 2 fully saturated rings. The van der Waals surface area contributed by atoms with Crippen LogP contribution in [0.4, 0.5) is 0 Å². The summed E-state index contributed by atoms with van der Waals surface area (Å²) in [6.45, 7) is 0. The van der Waals surface area contributed by atoms with E-state index in [2.05, 4.69) is 15.1 Å². The maximum atomic E-state index is 6.30. The first-order valence-corrected chi connectivity index (χ1v) is 7.32. The van der Waals surface area contributed by atoms with E-state index < -0.39 is 0 Å². The molecule has 0 spiro atoms. The lowest BCUT2D eigenvalue weighted by molar-refractivity contribution is 0.279. The Morgan fingerprint density at radius 2 is 2.15 bits per heavy atom. The minimum absolute atomic E-state index is 0.140. The van der Waals surface area contributed by atoms with Gasteiger partial charge < -0.3 is 10.3 Å². The van der Waals surface area contributed by atoms with Crippen molar-refractivity contribution in [1.29, 1.82) is 0 Å². The van der Waals surface area contributed by atoms with E-state index in [1.165, 1.54) is 19.3 Å². The largest absolute Gasteiger partial charge is 0.339 e. The van der Waals surface area contributed by atoms with Gasteiger partial charge in [-0.1, -0.05) is 16.8 Å². The van der Waals surface area contributed by atoms with Crippen LogP contribution in [-0.4, -0.2) is 21.2 Å². The van der Waals surface area contributed by atoms with Crippen LogP contribution in [0.25, 0.3) is 11.5 Å². The molecule has 0 radical (unpaired) electrons. The van der Waals surface area contributed by atoms with Gasteiger partial charge in [0.2, 0.25) is 11.7 Å². The van der Waals surface area contributed by atoms with Crippen molar-refractivity contribution in [2.75, 3.05) is 0 Å². The van der Waals surface area contributed by atoms with Gasteiger partial charge in [0, 0.05) is 12.2 Å². The summed E-state index contributed by atoms with van der Waals surface area (Å²) in [5.74, 6) is 2.47. The summed E-state index contributed by atoms with van der Waals surface area (Å²) in [5, 5.41) is 4.55. The first kappa shape index (κ1) is 12.3. The molecule has 2 saturated carbocycles. The Bertz CT molecular complexity index is 642. The van der Waals surface area contributed by atoms with Crippen molar-refractivity contribution < 1.29 is 4.52 Å². The van der Waals surface area contributed by atoms with Crippen LogP contribution in [0.3, 0.4) is 0 Å². The molecule has 2 heterocycles. The molecule has 4 rings (SSSR count). The Kier molecular flexibility index (Phi) is 2.79. The van der Waals surface area contributed by atoms with Crippen LogP contribution in [0.15, 0.2) is 22.9 Å². The van der Waals surface area contributed by atoms with Crippen molar-refractivity contribution in [3.8, 4) is 11.5 Å². The van der Waals surface area contributed by atoms with Gasteiger partial charge in [-0.05, 0) is 43.2 Å². The minimum atomic E-state index is 0.140. The fourth-order valence-corrected chi connectivity index (χ4v) is 3.93. The Morgan fingerprint density at radius 1 is 1.30 bits per heavy atom. The van der Waals surface area contributed by atoms with Gasteiger partial charge in [-0.2, -0.15) is 4.98 Å². The summed E-state index contributed by atoms with van der Waals surface area (Å²) >= 11 is 6.11. The normalized spacial score (nSPS) is 31.9. The van der Waals surface area contributed by atoms with Crippen LogP contribution in [0.2, 0.25) is 5.02 Å². The lowest BCUT2D eigenvalue weighted by Gasteiger charge is -2.24. The summed E-state index contributed by atoms with van der Waals surface area (Å²) in [7, 11) is 0. The zero-order valence-corrected chi connectivity index (χ0v) is 11.6. The predicted octanol–water partition coefficient (Wildman–Crippen LogP) is 2.63. The maximum absolute atomic E-state index is 6.30. The lowest BCUT2D eigenvalue weighted by atomic mass is 9.85. The monoisotopic (exact) mass is 290 g/mol. The zero-order chi connectivity index (χ0) is 13.7. The highest BCUT2D eigenvalue weighted by atomic mass is 35.5. The number of nitrogens with zero attached hydrogens (tertiary/aromatic N) is 3. The average Bonchev–Trinajstić information content (AvgIpc) is 3.14. The average molecular weight is 291 g/mol. The summed E-state index contributed by atoms with van der Waals surface area (Å²) in [5.41, 5.74) is 6.86. The van der Waals surface area contributed by atoms with Gasteiger partial charge in [0.15, 0.2) is 0 Å². The van der Waals surface area contributed by atoms with Crippen LogP contribution >= 0.6 is 11.6 Å². The third kappa shape index (κ3) is 1.77. The number of rotatable bonds is 2. The third-order valence-corrected chi connectivity index (χ3v) is 4.98. The maximum Gasteiger partial charge on any atom is 0.231 e. The molecule has 0 amide bonds. The molecule has 4 unspecified atom stereocenters. The SMILES string of the molecule is NC1C2CCC(C2)C1c1nc(-c2ncccc2Cl)no1. The lowest BCUT2D eigenvalue weighted by Crippen LogP contribution is -2.34. The van der Waals surface area contributed by atoms with Crippen molar-refractivity contribution in [3.05, 3.63) is 29.2 Å². The fourth-order valence-electron chi connectivity index (χ4n) is 3.72. The summed E-state index contributed by atoms with van der Waals surface area (Å²) in [6, 6.07) is 3.68. The number of aromatic nitrogens is 3. The fraction of sp³-hybridized carbons (Fsp3) is 0.500. The predicted molar refractivity (Wildman–Crippen MR) is 74.1 cm³/mol. The summed E-state index contributed by atoms with van der Waals surface area (Å²) in [6.07, 6.45) is 5.30. The van der Waals surface area contributed by atoms with Crippen molar-refractivity contribution in [3.63, 3.8) is 0 Å². The molecule has 0 saturated heterocycles. The van der Waals surface area contributed by atoms with Gasteiger partial charge in [-0.25, -0.2) is 0 Å². The Labute approximate surface area is 121 Å². The highest BCUT2D eigenvalue weighted by molar-refractivity contribution is 6.32. The molecule has 0 aliphatic heterocycles. The van der Waals surface area contributed by atoms with Crippen molar-refractivity contribution in [1.82, 2.24) is 15.1 Å². The van der Waals surface area contributed by atoms with Crippen LogP contribution < -0.4 is 5.73 Å². The quantitative estimate of drug-likeness (QED) is 0.920. The molecule has 2 N–H and O–H groups in total. The molecule has 5 nitrogen and oxygen atoms in total. The van der Waals surface area contributed by atoms with E-state index in [0.717, 1.165) is 0 Å². The first-order valence-electron chi connectivity index (χ1n) is 6.94. The number of halogens is 1. The number of hydrogen-bond donors (Lipinski definition) is 1. The Balaban J connectivity index is 1.68. The van der Waals surface area contributed by atoms with Gasteiger partial charge in [0.25, 0.3) is 0 Å². The second-order valence-electron chi connectivity index (χ2n) is 5.73. The minimum Gasteiger partial charge on any atom is -0.339 e. The smallest absolute Gasteiger partial charge is 0.231 e. The van der Waals surface area contributed by atoms with E-state index >= 15 is 0 Å². The van der Waals surface area contributed by atoms with E-state index in [1.54, 1.807) is 18.3 Å². The second kappa shape index (κ2) is 4.53. The molecule has 2 bridgehead atoms. The van der Waals surface area contributed by atoms with Gasteiger partial charge >= 0.3 is 0 Å². The third-order valence-electron chi connectivity index (χ3n) is 4.68. The molecule has 4 atom stereocenters. The second-order valence-corrected chi connectivity index (χ2v) is 6.13.